The molecule has 1 spiro atoms. The molecule has 26 heavy (non-hydrogen) atoms. The number of methoxy groups -OCH3 is 1. The first-order chi connectivity index (χ1) is 12.2. The molecule has 1 heterocycles. The van der Waals surface area contributed by atoms with Crippen molar-refractivity contribution >= 4 is 27.9 Å². The lowest BCUT2D eigenvalue weighted by atomic mass is 10.1. The lowest BCUT2D eigenvalue weighted by Gasteiger charge is -2.42. The van der Waals surface area contributed by atoms with Gasteiger partial charge in [-0.3, -0.25) is 4.79 Å². The smallest absolute Gasteiger partial charge is 0.410 e. The average molecular weight is 425 g/mol. The Labute approximate surface area is 162 Å². The molecule has 0 unspecified atom stereocenters. The van der Waals surface area contributed by atoms with Crippen molar-refractivity contribution in [2.45, 2.75) is 44.8 Å². The molecule has 1 aromatic rings. The highest BCUT2D eigenvalue weighted by Crippen LogP contribution is 2.45. The summed E-state index contributed by atoms with van der Waals surface area (Å²) in [5.74, 6) is 0.602. The van der Waals surface area contributed by atoms with Gasteiger partial charge in [-0.15, -0.1) is 0 Å². The van der Waals surface area contributed by atoms with Crippen molar-refractivity contribution in [3.8, 4) is 5.75 Å². The quantitative estimate of drug-likeness (QED) is 0.726. The Bertz CT molecular complexity index is 725. The van der Waals surface area contributed by atoms with Crippen LogP contribution in [-0.4, -0.2) is 59.7 Å². The molecule has 3 rings (SSSR count). The largest absolute Gasteiger partial charge is 0.496 e. The number of benzene rings is 1. The molecule has 1 aliphatic carbocycles. The number of halogens is 1. The first kappa shape index (κ1) is 19.0. The zero-order chi connectivity index (χ0) is 19.1. The summed E-state index contributed by atoms with van der Waals surface area (Å²) in [7, 11) is 1.58. The number of piperazine rings is 1. The second kappa shape index (κ2) is 6.76. The van der Waals surface area contributed by atoms with Gasteiger partial charge in [0.05, 0.1) is 22.7 Å². The summed E-state index contributed by atoms with van der Waals surface area (Å²) in [6.45, 7) is 7.08. The second-order valence-electron chi connectivity index (χ2n) is 7.90. The van der Waals surface area contributed by atoms with Crippen LogP contribution in [0.2, 0.25) is 0 Å². The molecule has 2 aliphatic rings. The van der Waals surface area contributed by atoms with Crippen molar-refractivity contribution in [2.75, 3.05) is 26.7 Å². The fourth-order valence-corrected chi connectivity index (χ4v) is 3.92. The van der Waals surface area contributed by atoms with E-state index in [1.807, 2.05) is 37.8 Å². The van der Waals surface area contributed by atoms with Crippen molar-refractivity contribution in [3.63, 3.8) is 0 Å². The Morgan fingerprint density at radius 1 is 1.19 bits per heavy atom. The molecule has 142 valence electrons. The van der Waals surface area contributed by atoms with E-state index >= 15 is 0 Å². The van der Waals surface area contributed by atoms with Gasteiger partial charge >= 0.3 is 6.09 Å². The first-order valence-electron chi connectivity index (χ1n) is 8.79. The number of carbonyl (C=O) groups is 2. The number of nitrogens with zero attached hydrogens (tertiary/aromatic N) is 2. The van der Waals surface area contributed by atoms with E-state index in [4.69, 9.17) is 9.47 Å². The van der Waals surface area contributed by atoms with Gasteiger partial charge < -0.3 is 19.3 Å². The lowest BCUT2D eigenvalue weighted by Crippen LogP contribution is -2.58. The fourth-order valence-electron chi connectivity index (χ4n) is 3.33. The van der Waals surface area contributed by atoms with Crippen molar-refractivity contribution in [1.82, 2.24) is 9.80 Å². The summed E-state index contributed by atoms with van der Waals surface area (Å²) in [6, 6.07) is 5.42. The number of carbonyl (C=O) groups excluding carboxylic acids is 2. The summed E-state index contributed by atoms with van der Waals surface area (Å²) in [4.78, 5) is 29.2. The highest BCUT2D eigenvalue weighted by atomic mass is 79.9. The Balaban J connectivity index is 1.76. The van der Waals surface area contributed by atoms with Gasteiger partial charge in [0.1, 0.15) is 11.4 Å². The molecule has 1 aromatic carbocycles. The van der Waals surface area contributed by atoms with E-state index in [1.54, 1.807) is 18.1 Å². The van der Waals surface area contributed by atoms with E-state index in [0.29, 0.717) is 35.4 Å². The highest BCUT2D eigenvalue weighted by molar-refractivity contribution is 9.10. The van der Waals surface area contributed by atoms with Gasteiger partial charge in [0.2, 0.25) is 0 Å². The highest BCUT2D eigenvalue weighted by Gasteiger charge is 2.54. The van der Waals surface area contributed by atoms with Crippen LogP contribution in [0.4, 0.5) is 4.79 Å². The molecular weight excluding hydrogens is 400 g/mol. The molecule has 2 amide bonds. The van der Waals surface area contributed by atoms with Gasteiger partial charge in [-0.1, -0.05) is 6.07 Å². The fraction of sp³-hybridized carbons (Fsp3) is 0.579. The minimum absolute atomic E-state index is 0.0305. The molecule has 0 bridgehead atoms. The van der Waals surface area contributed by atoms with Crippen LogP contribution in [-0.2, 0) is 4.74 Å². The molecule has 1 saturated carbocycles. The number of hydrogen-bond donors (Lipinski definition) is 0. The van der Waals surface area contributed by atoms with Crippen LogP contribution in [0.5, 0.6) is 5.75 Å². The molecule has 1 aliphatic heterocycles. The summed E-state index contributed by atoms with van der Waals surface area (Å²) >= 11 is 3.48. The Kier molecular flexibility index (Phi) is 4.94. The maximum atomic E-state index is 13.2. The molecule has 0 aromatic heterocycles. The Morgan fingerprint density at radius 2 is 1.88 bits per heavy atom. The Hall–Kier alpha value is -1.76. The Morgan fingerprint density at radius 3 is 2.46 bits per heavy atom. The maximum absolute atomic E-state index is 13.2. The summed E-state index contributed by atoms with van der Waals surface area (Å²) in [5.41, 5.74) is -0.206. The van der Waals surface area contributed by atoms with Crippen LogP contribution >= 0.6 is 15.9 Å². The monoisotopic (exact) mass is 424 g/mol. The van der Waals surface area contributed by atoms with Gasteiger partial charge in [0.25, 0.3) is 5.91 Å². The third kappa shape index (κ3) is 3.68. The molecular formula is C19H25BrN2O4. The molecule has 6 nitrogen and oxygen atoms in total. The van der Waals surface area contributed by atoms with Gasteiger partial charge in [-0.2, -0.15) is 0 Å². The third-order valence-corrected chi connectivity index (χ3v) is 5.61. The summed E-state index contributed by atoms with van der Waals surface area (Å²) in [6.07, 6.45) is 1.50. The number of hydrogen-bond acceptors (Lipinski definition) is 4. The molecule has 0 atom stereocenters. The zero-order valence-electron chi connectivity index (χ0n) is 15.7. The van der Waals surface area contributed by atoms with E-state index < -0.39 is 5.60 Å². The van der Waals surface area contributed by atoms with Crippen LogP contribution < -0.4 is 4.74 Å². The van der Waals surface area contributed by atoms with Crippen molar-refractivity contribution in [1.29, 1.82) is 0 Å². The molecule has 1 saturated heterocycles. The standard InChI is InChI=1S/C19H25BrN2O4/c1-18(2,3)26-17(24)21-10-11-22(19(12-21)8-9-19)16(23)13-6-5-7-14(25-4)15(13)20/h5-7H,8-12H2,1-4H3. The van der Waals surface area contributed by atoms with Crippen molar-refractivity contribution < 1.29 is 19.1 Å². The summed E-state index contributed by atoms with van der Waals surface area (Å²) in [5, 5.41) is 0. The number of rotatable bonds is 2. The molecule has 2 fully saturated rings. The van der Waals surface area contributed by atoms with E-state index in [9.17, 15) is 9.59 Å². The van der Waals surface area contributed by atoms with Crippen molar-refractivity contribution in [3.05, 3.63) is 28.2 Å². The normalized spacial score (nSPS) is 18.7. The zero-order valence-corrected chi connectivity index (χ0v) is 17.3. The van der Waals surface area contributed by atoms with E-state index in [-0.39, 0.29) is 17.5 Å². The minimum Gasteiger partial charge on any atom is -0.496 e. The predicted octanol–water partition coefficient (Wildman–Crippen LogP) is 3.68. The van der Waals surface area contributed by atoms with Crippen LogP contribution in [0.1, 0.15) is 44.0 Å². The number of ether oxygens (including phenoxy) is 2. The van der Waals surface area contributed by atoms with E-state index in [2.05, 4.69) is 15.9 Å². The minimum atomic E-state index is -0.522. The molecule has 7 heteroatoms. The molecule has 0 N–H and O–H groups in total. The number of amides is 2. The average Bonchev–Trinajstić information content (AvgIpc) is 3.32. The summed E-state index contributed by atoms with van der Waals surface area (Å²) < 4.78 is 11.5. The van der Waals surface area contributed by atoms with Crippen LogP contribution in [0.15, 0.2) is 22.7 Å². The van der Waals surface area contributed by atoms with Crippen LogP contribution in [0, 0.1) is 0 Å². The van der Waals surface area contributed by atoms with Crippen LogP contribution in [0.25, 0.3) is 0 Å². The topological polar surface area (TPSA) is 59.1 Å². The lowest BCUT2D eigenvalue weighted by molar-refractivity contribution is 0.000608. The van der Waals surface area contributed by atoms with E-state index in [1.165, 1.54) is 0 Å². The third-order valence-electron chi connectivity index (χ3n) is 4.79. The maximum Gasteiger partial charge on any atom is 0.410 e. The van der Waals surface area contributed by atoms with Gasteiger partial charge in [-0.25, -0.2) is 4.79 Å². The predicted molar refractivity (Wildman–Crippen MR) is 102 cm³/mol. The van der Waals surface area contributed by atoms with Gasteiger partial charge in [0.15, 0.2) is 0 Å². The second-order valence-corrected chi connectivity index (χ2v) is 8.70. The van der Waals surface area contributed by atoms with Gasteiger partial charge in [-0.05, 0) is 61.7 Å². The van der Waals surface area contributed by atoms with Crippen LogP contribution in [0.3, 0.4) is 0 Å². The van der Waals surface area contributed by atoms with Gasteiger partial charge in [0, 0.05) is 19.6 Å². The van der Waals surface area contributed by atoms with E-state index in [0.717, 1.165) is 12.8 Å². The SMILES string of the molecule is COc1cccc(C(=O)N2CCN(C(=O)OC(C)(C)C)CC23CC3)c1Br. The molecule has 0 radical (unpaired) electrons. The van der Waals surface area contributed by atoms with Crippen molar-refractivity contribution in [2.24, 2.45) is 0 Å². The first-order valence-corrected chi connectivity index (χ1v) is 9.59.